The summed E-state index contributed by atoms with van der Waals surface area (Å²) < 4.78 is 0. The SMILES string of the molecule is CC1(C)CCCCC1(CN)N1CCCCCC1. The monoisotopic (exact) mass is 238 g/mol. The predicted octanol–water partition coefficient (Wildman–Crippen LogP) is 3.16. The summed E-state index contributed by atoms with van der Waals surface area (Å²) in [6, 6.07) is 0. The lowest BCUT2D eigenvalue weighted by Gasteiger charge is -2.56. The van der Waals surface area contributed by atoms with Crippen LogP contribution in [0.4, 0.5) is 0 Å². The quantitative estimate of drug-likeness (QED) is 0.800. The summed E-state index contributed by atoms with van der Waals surface area (Å²) in [7, 11) is 0. The van der Waals surface area contributed by atoms with Crippen LogP contribution in [0.5, 0.6) is 0 Å². The van der Waals surface area contributed by atoms with Crippen molar-refractivity contribution in [2.24, 2.45) is 11.1 Å². The van der Waals surface area contributed by atoms with E-state index in [0.717, 1.165) is 6.54 Å². The number of nitrogens with zero attached hydrogens (tertiary/aromatic N) is 1. The van der Waals surface area contributed by atoms with Gasteiger partial charge in [-0.1, -0.05) is 39.5 Å². The van der Waals surface area contributed by atoms with Gasteiger partial charge in [0.1, 0.15) is 0 Å². The fraction of sp³-hybridized carbons (Fsp3) is 1.00. The molecule has 0 spiro atoms. The van der Waals surface area contributed by atoms with E-state index in [1.807, 2.05) is 0 Å². The lowest BCUT2D eigenvalue weighted by Crippen LogP contribution is -2.63. The molecule has 0 bridgehead atoms. The zero-order valence-corrected chi connectivity index (χ0v) is 11.8. The summed E-state index contributed by atoms with van der Waals surface area (Å²) in [5.41, 5.74) is 6.93. The molecule has 0 aromatic rings. The maximum Gasteiger partial charge on any atom is 0.0382 e. The van der Waals surface area contributed by atoms with E-state index < -0.39 is 0 Å². The van der Waals surface area contributed by atoms with Crippen molar-refractivity contribution in [3.8, 4) is 0 Å². The average molecular weight is 238 g/mol. The van der Waals surface area contributed by atoms with Crippen molar-refractivity contribution >= 4 is 0 Å². The molecule has 1 aliphatic heterocycles. The maximum atomic E-state index is 6.25. The molecule has 1 unspecified atom stereocenters. The molecular formula is C15H30N2. The molecule has 1 saturated heterocycles. The number of likely N-dealkylation sites (tertiary alicyclic amines) is 1. The highest BCUT2D eigenvalue weighted by molar-refractivity contribution is 5.05. The first-order chi connectivity index (χ1) is 8.12. The number of hydrogen-bond acceptors (Lipinski definition) is 2. The molecule has 0 amide bonds. The molecule has 0 aromatic carbocycles. The van der Waals surface area contributed by atoms with Crippen LogP contribution in [-0.2, 0) is 0 Å². The van der Waals surface area contributed by atoms with E-state index in [1.54, 1.807) is 0 Å². The second-order valence-electron chi connectivity index (χ2n) is 6.73. The Balaban J connectivity index is 2.21. The van der Waals surface area contributed by atoms with Crippen molar-refractivity contribution in [1.29, 1.82) is 0 Å². The smallest absolute Gasteiger partial charge is 0.0382 e. The number of rotatable bonds is 2. The Bertz CT molecular complexity index is 241. The van der Waals surface area contributed by atoms with E-state index in [-0.39, 0.29) is 5.54 Å². The van der Waals surface area contributed by atoms with E-state index in [1.165, 1.54) is 64.5 Å². The van der Waals surface area contributed by atoms with Gasteiger partial charge in [-0.15, -0.1) is 0 Å². The molecule has 0 radical (unpaired) electrons. The maximum absolute atomic E-state index is 6.25. The van der Waals surface area contributed by atoms with Crippen molar-refractivity contribution in [2.75, 3.05) is 19.6 Å². The van der Waals surface area contributed by atoms with Crippen LogP contribution < -0.4 is 5.73 Å². The first-order valence-corrected chi connectivity index (χ1v) is 7.57. The zero-order valence-electron chi connectivity index (χ0n) is 11.8. The van der Waals surface area contributed by atoms with Crippen LogP contribution in [0, 0.1) is 5.41 Å². The van der Waals surface area contributed by atoms with Crippen LogP contribution in [0.1, 0.15) is 65.2 Å². The van der Waals surface area contributed by atoms with E-state index in [9.17, 15) is 0 Å². The van der Waals surface area contributed by atoms with E-state index in [4.69, 9.17) is 5.73 Å². The minimum atomic E-state index is 0.287. The third-order valence-electron chi connectivity index (χ3n) is 5.45. The highest BCUT2D eigenvalue weighted by atomic mass is 15.2. The highest BCUT2D eigenvalue weighted by Gasteiger charge is 2.49. The van der Waals surface area contributed by atoms with Crippen molar-refractivity contribution in [2.45, 2.75) is 70.8 Å². The molecular weight excluding hydrogens is 208 g/mol. The van der Waals surface area contributed by atoms with Crippen LogP contribution >= 0.6 is 0 Å². The van der Waals surface area contributed by atoms with Gasteiger partial charge in [0.15, 0.2) is 0 Å². The molecule has 1 saturated carbocycles. The summed E-state index contributed by atoms with van der Waals surface area (Å²) in [6.45, 7) is 8.30. The third kappa shape index (κ3) is 2.39. The normalized spacial score (nSPS) is 35.5. The van der Waals surface area contributed by atoms with E-state index >= 15 is 0 Å². The summed E-state index contributed by atoms with van der Waals surface area (Å²) in [4.78, 5) is 2.76. The van der Waals surface area contributed by atoms with Crippen LogP contribution in [0.15, 0.2) is 0 Å². The standard InChI is InChI=1S/C15H30N2/c1-14(2)9-5-6-10-15(14,13-16)17-11-7-3-4-8-12-17/h3-13,16H2,1-2H3. The van der Waals surface area contributed by atoms with Crippen LogP contribution in [0.25, 0.3) is 0 Å². The Morgan fingerprint density at radius 2 is 1.47 bits per heavy atom. The molecule has 2 aliphatic rings. The van der Waals surface area contributed by atoms with Gasteiger partial charge in [-0.2, -0.15) is 0 Å². The van der Waals surface area contributed by atoms with Gasteiger partial charge in [0.25, 0.3) is 0 Å². The van der Waals surface area contributed by atoms with E-state index in [2.05, 4.69) is 18.7 Å². The fourth-order valence-electron chi connectivity index (χ4n) is 4.15. The van der Waals surface area contributed by atoms with Crippen molar-refractivity contribution in [3.05, 3.63) is 0 Å². The minimum absolute atomic E-state index is 0.287. The topological polar surface area (TPSA) is 29.3 Å². The first kappa shape index (κ1) is 13.4. The van der Waals surface area contributed by atoms with Gasteiger partial charge >= 0.3 is 0 Å². The van der Waals surface area contributed by atoms with Crippen LogP contribution in [-0.4, -0.2) is 30.1 Å². The number of nitrogens with two attached hydrogens (primary N) is 1. The summed E-state index contributed by atoms with van der Waals surface area (Å²) in [5.74, 6) is 0. The van der Waals surface area contributed by atoms with Gasteiger partial charge in [-0.05, 0) is 44.2 Å². The van der Waals surface area contributed by atoms with Crippen LogP contribution in [0.2, 0.25) is 0 Å². The Morgan fingerprint density at radius 3 is 2.00 bits per heavy atom. The fourth-order valence-corrected chi connectivity index (χ4v) is 4.15. The molecule has 2 nitrogen and oxygen atoms in total. The predicted molar refractivity (Wildman–Crippen MR) is 74.1 cm³/mol. The molecule has 2 fully saturated rings. The van der Waals surface area contributed by atoms with E-state index in [0.29, 0.717) is 5.41 Å². The summed E-state index contributed by atoms with van der Waals surface area (Å²) >= 11 is 0. The first-order valence-electron chi connectivity index (χ1n) is 7.57. The highest BCUT2D eigenvalue weighted by Crippen LogP contribution is 2.47. The molecule has 1 aliphatic carbocycles. The van der Waals surface area contributed by atoms with Gasteiger partial charge in [-0.3, -0.25) is 4.90 Å². The third-order valence-corrected chi connectivity index (χ3v) is 5.45. The average Bonchev–Trinajstić information content (AvgIpc) is 2.58. The second-order valence-corrected chi connectivity index (χ2v) is 6.73. The Morgan fingerprint density at radius 1 is 0.882 bits per heavy atom. The Kier molecular flexibility index (Phi) is 4.14. The summed E-state index contributed by atoms with van der Waals surface area (Å²) in [6.07, 6.45) is 11.0. The molecule has 1 atom stereocenters. The second kappa shape index (κ2) is 5.27. The molecule has 2 N–H and O–H groups in total. The molecule has 2 rings (SSSR count). The molecule has 1 heterocycles. The van der Waals surface area contributed by atoms with Gasteiger partial charge in [0.05, 0.1) is 0 Å². The van der Waals surface area contributed by atoms with Crippen molar-refractivity contribution in [3.63, 3.8) is 0 Å². The van der Waals surface area contributed by atoms with Crippen molar-refractivity contribution < 1.29 is 0 Å². The Labute approximate surface area is 107 Å². The molecule has 0 aromatic heterocycles. The summed E-state index contributed by atoms with van der Waals surface area (Å²) in [5, 5.41) is 0. The minimum Gasteiger partial charge on any atom is -0.329 e. The van der Waals surface area contributed by atoms with Gasteiger partial charge in [-0.25, -0.2) is 0 Å². The Hall–Kier alpha value is -0.0800. The zero-order chi connectivity index (χ0) is 12.4. The van der Waals surface area contributed by atoms with Gasteiger partial charge < -0.3 is 5.73 Å². The van der Waals surface area contributed by atoms with Crippen LogP contribution in [0.3, 0.4) is 0 Å². The van der Waals surface area contributed by atoms with Crippen molar-refractivity contribution in [1.82, 2.24) is 4.90 Å². The lowest BCUT2D eigenvalue weighted by molar-refractivity contribution is -0.0422. The number of hydrogen-bond donors (Lipinski definition) is 1. The van der Waals surface area contributed by atoms with Gasteiger partial charge in [0.2, 0.25) is 0 Å². The molecule has 100 valence electrons. The molecule has 2 heteroatoms. The van der Waals surface area contributed by atoms with Gasteiger partial charge in [0, 0.05) is 12.1 Å². The lowest BCUT2D eigenvalue weighted by atomic mass is 9.62. The largest absolute Gasteiger partial charge is 0.329 e. The molecule has 17 heavy (non-hydrogen) atoms.